The Kier molecular flexibility index (Phi) is 4.02. The lowest BCUT2D eigenvalue weighted by Crippen LogP contribution is -2.50. The highest BCUT2D eigenvalue weighted by atomic mass is 35.5. The lowest BCUT2D eigenvalue weighted by Gasteiger charge is -2.42. The van der Waals surface area contributed by atoms with Crippen LogP contribution in [0.5, 0.6) is 0 Å². The SMILES string of the molecule is Cc1cc(S(=O)(=O)NC2(c3ccccc3)CCC2)ccc1Cl. The third-order valence-electron chi connectivity index (χ3n) is 4.30. The molecule has 2 aromatic carbocycles. The Morgan fingerprint density at radius 3 is 2.32 bits per heavy atom. The van der Waals surface area contributed by atoms with Gasteiger partial charge < -0.3 is 0 Å². The fourth-order valence-corrected chi connectivity index (χ4v) is 4.49. The van der Waals surface area contributed by atoms with E-state index in [0.29, 0.717) is 5.02 Å². The maximum absolute atomic E-state index is 12.7. The smallest absolute Gasteiger partial charge is 0.207 e. The largest absolute Gasteiger partial charge is 0.241 e. The zero-order chi connectivity index (χ0) is 15.8. The van der Waals surface area contributed by atoms with E-state index in [-0.39, 0.29) is 4.90 Å². The van der Waals surface area contributed by atoms with Gasteiger partial charge in [-0.25, -0.2) is 13.1 Å². The molecule has 0 atom stereocenters. The molecule has 0 unspecified atom stereocenters. The van der Waals surface area contributed by atoms with Crippen LogP contribution in [0.2, 0.25) is 5.02 Å². The Hall–Kier alpha value is -1.36. The van der Waals surface area contributed by atoms with Crippen molar-refractivity contribution < 1.29 is 8.42 Å². The van der Waals surface area contributed by atoms with E-state index in [1.165, 1.54) is 0 Å². The van der Waals surface area contributed by atoms with Crippen LogP contribution < -0.4 is 4.72 Å². The highest BCUT2D eigenvalue weighted by Gasteiger charge is 2.42. The molecular formula is C17H18ClNO2S. The van der Waals surface area contributed by atoms with Crippen molar-refractivity contribution in [1.29, 1.82) is 0 Å². The molecule has 2 aromatic rings. The predicted octanol–water partition coefficient (Wildman–Crippen LogP) is 4.01. The number of hydrogen-bond acceptors (Lipinski definition) is 2. The Morgan fingerprint density at radius 2 is 1.77 bits per heavy atom. The summed E-state index contributed by atoms with van der Waals surface area (Å²) in [6, 6.07) is 14.6. The zero-order valence-electron chi connectivity index (χ0n) is 12.3. The molecule has 0 amide bonds. The summed E-state index contributed by atoms with van der Waals surface area (Å²) in [6.07, 6.45) is 2.67. The van der Waals surface area contributed by atoms with Crippen LogP contribution in [-0.4, -0.2) is 8.42 Å². The first-order valence-electron chi connectivity index (χ1n) is 7.29. The van der Waals surface area contributed by atoms with E-state index in [1.807, 2.05) is 30.3 Å². The van der Waals surface area contributed by atoms with E-state index in [2.05, 4.69) is 4.72 Å². The summed E-state index contributed by atoms with van der Waals surface area (Å²) in [6.45, 7) is 1.80. The fraction of sp³-hybridized carbons (Fsp3) is 0.294. The minimum atomic E-state index is -3.57. The molecule has 1 N–H and O–H groups in total. The lowest BCUT2D eigenvalue weighted by molar-refractivity contribution is 0.224. The lowest BCUT2D eigenvalue weighted by atomic mass is 9.73. The van der Waals surface area contributed by atoms with Crippen LogP contribution in [0.3, 0.4) is 0 Å². The standard InChI is InChI=1S/C17H18ClNO2S/c1-13-12-15(8-9-16(13)18)22(20,21)19-17(10-5-11-17)14-6-3-2-4-7-14/h2-4,6-9,12,19H,5,10-11H2,1H3. The summed E-state index contributed by atoms with van der Waals surface area (Å²) in [7, 11) is -3.57. The molecule has 3 rings (SSSR count). The van der Waals surface area contributed by atoms with Crippen LogP contribution in [0.25, 0.3) is 0 Å². The molecule has 116 valence electrons. The van der Waals surface area contributed by atoms with Crippen molar-refractivity contribution in [2.24, 2.45) is 0 Å². The second-order valence-electron chi connectivity index (χ2n) is 5.82. The molecule has 0 saturated heterocycles. The Balaban J connectivity index is 1.94. The summed E-state index contributed by atoms with van der Waals surface area (Å²) in [5.41, 5.74) is 1.30. The van der Waals surface area contributed by atoms with Crippen molar-refractivity contribution in [3.63, 3.8) is 0 Å². The molecule has 5 heteroatoms. The summed E-state index contributed by atoms with van der Waals surface area (Å²) in [4.78, 5) is 0.261. The molecule has 3 nitrogen and oxygen atoms in total. The van der Waals surface area contributed by atoms with E-state index < -0.39 is 15.6 Å². The minimum Gasteiger partial charge on any atom is -0.207 e. The van der Waals surface area contributed by atoms with Gasteiger partial charge in [-0.2, -0.15) is 0 Å². The van der Waals surface area contributed by atoms with Gasteiger partial charge in [-0.05, 0) is 55.5 Å². The van der Waals surface area contributed by atoms with Crippen molar-refractivity contribution in [2.45, 2.75) is 36.6 Å². The topological polar surface area (TPSA) is 46.2 Å². The summed E-state index contributed by atoms with van der Waals surface area (Å²) >= 11 is 5.98. The summed E-state index contributed by atoms with van der Waals surface area (Å²) < 4.78 is 28.4. The Morgan fingerprint density at radius 1 is 1.09 bits per heavy atom. The van der Waals surface area contributed by atoms with Gasteiger partial charge in [0.2, 0.25) is 10.0 Å². The number of rotatable bonds is 4. The van der Waals surface area contributed by atoms with Crippen LogP contribution in [0, 0.1) is 6.92 Å². The third kappa shape index (κ3) is 2.78. The van der Waals surface area contributed by atoms with Gasteiger partial charge in [0.25, 0.3) is 0 Å². The van der Waals surface area contributed by atoms with E-state index in [9.17, 15) is 8.42 Å². The fourth-order valence-electron chi connectivity index (χ4n) is 2.84. The first kappa shape index (κ1) is 15.5. The number of aryl methyl sites for hydroxylation is 1. The maximum Gasteiger partial charge on any atom is 0.241 e. The van der Waals surface area contributed by atoms with Gasteiger partial charge in [-0.1, -0.05) is 41.9 Å². The zero-order valence-corrected chi connectivity index (χ0v) is 13.9. The second-order valence-corrected chi connectivity index (χ2v) is 7.91. The van der Waals surface area contributed by atoms with Crippen molar-refractivity contribution in [1.82, 2.24) is 4.72 Å². The first-order valence-corrected chi connectivity index (χ1v) is 9.15. The Bertz CT molecular complexity index is 784. The van der Waals surface area contributed by atoms with Gasteiger partial charge >= 0.3 is 0 Å². The molecule has 22 heavy (non-hydrogen) atoms. The van der Waals surface area contributed by atoms with Gasteiger partial charge in [-0.15, -0.1) is 0 Å². The van der Waals surface area contributed by atoms with E-state index in [1.54, 1.807) is 25.1 Å². The molecule has 0 spiro atoms. The summed E-state index contributed by atoms with van der Waals surface area (Å²) in [5, 5.41) is 0.570. The van der Waals surface area contributed by atoms with Gasteiger partial charge in [0.1, 0.15) is 0 Å². The number of nitrogens with one attached hydrogen (secondary N) is 1. The third-order valence-corrected chi connectivity index (χ3v) is 6.26. The van der Waals surface area contributed by atoms with Gasteiger partial charge in [0.05, 0.1) is 10.4 Å². The summed E-state index contributed by atoms with van der Waals surface area (Å²) in [5.74, 6) is 0. The van der Waals surface area contributed by atoms with Crippen LogP contribution >= 0.6 is 11.6 Å². The quantitative estimate of drug-likeness (QED) is 0.917. The maximum atomic E-state index is 12.7. The van der Waals surface area contributed by atoms with Crippen molar-refractivity contribution >= 4 is 21.6 Å². The average Bonchev–Trinajstić information content (AvgIpc) is 2.46. The van der Waals surface area contributed by atoms with Gasteiger partial charge in [0, 0.05) is 5.02 Å². The molecule has 1 aliphatic rings. The molecule has 1 saturated carbocycles. The van der Waals surface area contributed by atoms with E-state index in [4.69, 9.17) is 11.6 Å². The van der Waals surface area contributed by atoms with Crippen LogP contribution in [0.4, 0.5) is 0 Å². The molecule has 0 aromatic heterocycles. The molecular weight excluding hydrogens is 318 g/mol. The number of halogens is 1. The first-order chi connectivity index (χ1) is 10.4. The molecule has 0 heterocycles. The van der Waals surface area contributed by atoms with Gasteiger partial charge in [-0.3, -0.25) is 0 Å². The van der Waals surface area contributed by atoms with Crippen molar-refractivity contribution in [3.8, 4) is 0 Å². The molecule has 1 fully saturated rings. The van der Waals surface area contributed by atoms with Crippen molar-refractivity contribution in [2.75, 3.05) is 0 Å². The number of sulfonamides is 1. The highest BCUT2D eigenvalue weighted by Crippen LogP contribution is 2.42. The molecule has 0 radical (unpaired) electrons. The molecule has 0 bridgehead atoms. The second kappa shape index (κ2) is 5.69. The predicted molar refractivity (Wildman–Crippen MR) is 88.5 cm³/mol. The van der Waals surface area contributed by atoms with Crippen LogP contribution in [0.15, 0.2) is 53.4 Å². The minimum absolute atomic E-state index is 0.261. The van der Waals surface area contributed by atoms with E-state index in [0.717, 1.165) is 30.4 Å². The van der Waals surface area contributed by atoms with Crippen LogP contribution in [-0.2, 0) is 15.6 Å². The molecule has 1 aliphatic carbocycles. The Labute approximate surface area is 136 Å². The monoisotopic (exact) mass is 335 g/mol. The number of hydrogen-bond donors (Lipinski definition) is 1. The van der Waals surface area contributed by atoms with Crippen LogP contribution in [0.1, 0.15) is 30.4 Å². The van der Waals surface area contributed by atoms with E-state index >= 15 is 0 Å². The normalized spacial score (nSPS) is 17.0. The average molecular weight is 336 g/mol. The molecule has 0 aliphatic heterocycles. The number of benzene rings is 2. The highest BCUT2D eigenvalue weighted by molar-refractivity contribution is 7.89. The van der Waals surface area contributed by atoms with Gasteiger partial charge in [0.15, 0.2) is 0 Å². The van der Waals surface area contributed by atoms with Crippen molar-refractivity contribution in [3.05, 3.63) is 64.7 Å².